The Hall–Kier alpha value is -3.43. The summed E-state index contributed by atoms with van der Waals surface area (Å²) in [6.45, 7) is 6.43. The zero-order valence-electron chi connectivity index (χ0n) is 22.4. The Morgan fingerprint density at radius 3 is 2.23 bits per heavy atom. The average molecular weight is 574 g/mol. The van der Waals surface area contributed by atoms with Gasteiger partial charge in [0.1, 0.15) is 18.4 Å². The van der Waals surface area contributed by atoms with Gasteiger partial charge < -0.3 is 10.2 Å². The number of carbonyl (C=O) groups excluding carboxylic acids is 2. The van der Waals surface area contributed by atoms with Crippen LogP contribution in [-0.2, 0) is 26.2 Å². The smallest absolute Gasteiger partial charge is 0.264 e. The quantitative estimate of drug-likeness (QED) is 0.337. The third-order valence-electron chi connectivity index (χ3n) is 6.55. The Labute approximate surface area is 234 Å². The molecular formula is C29H33ClFN3O4S. The molecule has 208 valence electrons. The lowest BCUT2D eigenvalue weighted by molar-refractivity contribution is -0.139. The van der Waals surface area contributed by atoms with E-state index >= 15 is 0 Å². The predicted octanol–water partition coefficient (Wildman–Crippen LogP) is 5.31. The van der Waals surface area contributed by atoms with Crippen molar-refractivity contribution in [3.05, 3.63) is 94.8 Å². The van der Waals surface area contributed by atoms with E-state index in [9.17, 15) is 22.4 Å². The summed E-state index contributed by atoms with van der Waals surface area (Å²) in [5.74, 6) is -1.42. The highest BCUT2D eigenvalue weighted by Crippen LogP contribution is 2.31. The fourth-order valence-corrected chi connectivity index (χ4v) is 5.60. The molecule has 0 spiro atoms. The monoisotopic (exact) mass is 573 g/mol. The average Bonchev–Trinajstić information content (AvgIpc) is 2.92. The number of halogens is 2. The van der Waals surface area contributed by atoms with Crippen LogP contribution in [0, 0.1) is 12.7 Å². The summed E-state index contributed by atoms with van der Waals surface area (Å²) in [6.07, 6.45) is 0.696. The lowest BCUT2D eigenvalue weighted by Gasteiger charge is -2.33. The van der Waals surface area contributed by atoms with Gasteiger partial charge in [-0.15, -0.1) is 0 Å². The van der Waals surface area contributed by atoms with Gasteiger partial charge in [0, 0.05) is 17.6 Å². The van der Waals surface area contributed by atoms with Gasteiger partial charge in [-0.05, 0) is 74.7 Å². The summed E-state index contributed by atoms with van der Waals surface area (Å²) >= 11 is 6.33. The molecule has 0 saturated carbocycles. The van der Waals surface area contributed by atoms with Crippen LogP contribution in [0.3, 0.4) is 0 Å². The van der Waals surface area contributed by atoms with Gasteiger partial charge in [0.25, 0.3) is 10.0 Å². The summed E-state index contributed by atoms with van der Waals surface area (Å²) in [4.78, 5) is 28.3. The van der Waals surface area contributed by atoms with Crippen molar-refractivity contribution in [2.75, 3.05) is 10.8 Å². The van der Waals surface area contributed by atoms with Gasteiger partial charge in [-0.2, -0.15) is 0 Å². The molecule has 0 bridgehead atoms. The number of benzene rings is 3. The molecule has 10 heteroatoms. The number of anilines is 1. The lowest BCUT2D eigenvalue weighted by atomic mass is 10.1. The number of nitrogens with one attached hydrogen (secondary N) is 1. The van der Waals surface area contributed by atoms with E-state index < -0.39 is 34.3 Å². The maximum absolute atomic E-state index is 13.9. The van der Waals surface area contributed by atoms with Crippen molar-refractivity contribution >= 4 is 39.1 Å². The summed E-state index contributed by atoms with van der Waals surface area (Å²) in [5, 5.41) is 3.22. The lowest BCUT2D eigenvalue weighted by Crippen LogP contribution is -2.52. The van der Waals surface area contributed by atoms with Gasteiger partial charge in [0.05, 0.1) is 10.6 Å². The molecule has 3 aromatic carbocycles. The van der Waals surface area contributed by atoms with Gasteiger partial charge in [-0.3, -0.25) is 13.9 Å². The van der Waals surface area contributed by atoms with E-state index in [0.717, 1.165) is 4.31 Å². The minimum Gasteiger partial charge on any atom is -0.352 e. The van der Waals surface area contributed by atoms with Crippen LogP contribution in [0.5, 0.6) is 0 Å². The van der Waals surface area contributed by atoms with Gasteiger partial charge in [-0.1, -0.05) is 54.9 Å². The maximum Gasteiger partial charge on any atom is 0.264 e. The number of carbonyl (C=O) groups is 2. The standard InChI is InChI=1S/C29H33ClFN3O4S/c1-5-20(2)32-29(36)22(4)33(18-23-14-16-24(31)17-15-23)28(35)19-34(27-13-9-12-26(30)21(27)3)39(37,38)25-10-7-6-8-11-25/h6-17,20,22H,5,18-19H2,1-4H3,(H,32,36)/t20-,22+/m0/s1. The second-order valence-electron chi connectivity index (χ2n) is 9.35. The fourth-order valence-electron chi connectivity index (χ4n) is 3.93. The molecule has 0 aliphatic carbocycles. The first kappa shape index (κ1) is 30.1. The van der Waals surface area contributed by atoms with E-state index in [1.165, 1.54) is 41.3 Å². The van der Waals surface area contributed by atoms with Gasteiger partial charge >= 0.3 is 0 Å². The van der Waals surface area contributed by atoms with Crippen LogP contribution in [0.25, 0.3) is 0 Å². The first-order chi connectivity index (χ1) is 18.4. The second-order valence-corrected chi connectivity index (χ2v) is 11.6. The number of sulfonamides is 1. The third kappa shape index (κ3) is 7.36. The van der Waals surface area contributed by atoms with Crippen LogP contribution in [0.15, 0.2) is 77.7 Å². The van der Waals surface area contributed by atoms with E-state index in [1.807, 2.05) is 13.8 Å². The largest absolute Gasteiger partial charge is 0.352 e. The van der Waals surface area contributed by atoms with E-state index in [1.54, 1.807) is 50.2 Å². The molecular weight excluding hydrogens is 541 g/mol. The van der Waals surface area contributed by atoms with Crippen molar-refractivity contribution in [2.24, 2.45) is 0 Å². The van der Waals surface area contributed by atoms with Gasteiger partial charge in [-0.25, -0.2) is 12.8 Å². The highest BCUT2D eigenvalue weighted by Gasteiger charge is 2.33. The summed E-state index contributed by atoms with van der Waals surface area (Å²) in [5.41, 5.74) is 1.32. The highest BCUT2D eigenvalue weighted by atomic mass is 35.5. The van der Waals surface area contributed by atoms with Crippen molar-refractivity contribution < 1.29 is 22.4 Å². The van der Waals surface area contributed by atoms with Crippen molar-refractivity contribution in [1.29, 1.82) is 0 Å². The molecule has 0 unspecified atom stereocenters. The number of hydrogen-bond acceptors (Lipinski definition) is 4. The van der Waals surface area contributed by atoms with E-state index in [-0.39, 0.29) is 29.1 Å². The molecule has 1 N–H and O–H groups in total. The van der Waals surface area contributed by atoms with E-state index in [2.05, 4.69) is 5.32 Å². The van der Waals surface area contributed by atoms with Crippen LogP contribution in [0.1, 0.15) is 38.3 Å². The zero-order chi connectivity index (χ0) is 28.7. The Bertz CT molecular complexity index is 1400. The van der Waals surface area contributed by atoms with Crippen LogP contribution < -0.4 is 9.62 Å². The topological polar surface area (TPSA) is 86.8 Å². The predicted molar refractivity (Wildman–Crippen MR) is 151 cm³/mol. The minimum absolute atomic E-state index is 0.00447. The summed E-state index contributed by atoms with van der Waals surface area (Å²) < 4.78 is 42.2. The fraction of sp³-hybridized carbons (Fsp3) is 0.310. The zero-order valence-corrected chi connectivity index (χ0v) is 24.0. The molecule has 0 aromatic heterocycles. The molecule has 0 fully saturated rings. The Balaban J connectivity index is 2.05. The molecule has 0 aliphatic heterocycles. The molecule has 0 aliphatic rings. The van der Waals surface area contributed by atoms with Crippen LogP contribution in [0.2, 0.25) is 5.02 Å². The molecule has 2 amide bonds. The second kappa shape index (κ2) is 13.1. The van der Waals surface area contributed by atoms with E-state index in [4.69, 9.17) is 11.6 Å². The molecule has 3 rings (SSSR count). The Morgan fingerprint density at radius 2 is 1.62 bits per heavy atom. The number of nitrogens with zero attached hydrogens (tertiary/aromatic N) is 2. The Kier molecular flexibility index (Phi) is 10.1. The SMILES string of the molecule is CC[C@H](C)NC(=O)[C@@H](C)N(Cc1ccc(F)cc1)C(=O)CN(c1cccc(Cl)c1C)S(=O)(=O)c1ccccc1. The minimum atomic E-state index is -4.19. The molecule has 3 aromatic rings. The highest BCUT2D eigenvalue weighted by molar-refractivity contribution is 7.92. The normalized spacial score (nSPS) is 12.9. The number of amides is 2. The molecule has 39 heavy (non-hydrogen) atoms. The maximum atomic E-state index is 13.9. The first-order valence-corrected chi connectivity index (χ1v) is 14.4. The molecule has 7 nitrogen and oxygen atoms in total. The van der Waals surface area contributed by atoms with E-state index in [0.29, 0.717) is 22.6 Å². The molecule has 0 heterocycles. The van der Waals surface area contributed by atoms with Crippen LogP contribution in [-0.4, -0.2) is 43.8 Å². The first-order valence-electron chi connectivity index (χ1n) is 12.6. The van der Waals surface area contributed by atoms with Crippen LogP contribution in [0.4, 0.5) is 10.1 Å². The molecule has 0 saturated heterocycles. The van der Waals surface area contributed by atoms with Crippen molar-refractivity contribution in [1.82, 2.24) is 10.2 Å². The third-order valence-corrected chi connectivity index (χ3v) is 8.74. The van der Waals surface area contributed by atoms with Crippen molar-refractivity contribution in [3.8, 4) is 0 Å². The number of hydrogen-bond donors (Lipinski definition) is 1. The van der Waals surface area contributed by atoms with Gasteiger partial charge in [0.15, 0.2) is 0 Å². The van der Waals surface area contributed by atoms with Crippen LogP contribution >= 0.6 is 11.6 Å². The summed E-state index contributed by atoms with van der Waals surface area (Å²) in [6, 6.07) is 17.1. The molecule has 0 radical (unpaired) electrons. The number of rotatable bonds is 11. The molecule has 2 atom stereocenters. The Morgan fingerprint density at radius 1 is 0.974 bits per heavy atom. The van der Waals surface area contributed by atoms with Crippen molar-refractivity contribution in [3.63, 3.8) is 0 Å². The summed E-state index contributed by atoms with van der Waals surface area (Å²) in [7, 11) is -4.19. The van der Waals surface area contributed by atoms with Gasteiger partial charge in [0.2, 0.25) is 11.8 Å². The van der Waals surface area contributed by atoms with Crippen molar-refractivity contribution in [2.45, 2.75) is 57.6 Å².